The monoisotopic (exact) mass is 380 g/mol. The van der Waals surface area contributed by atoms with Gasteiger partial charge in [-0.1, -0.05) is 18.2 Å². The number of amides is 1. The summed E-state index contributed by atoms with van der Waals surface area (Å²) >= 11 is 0. The minimum absolute atomic E-state index is 0.229. The standard InChI is InChI=1S/C20H20F4N2O/c21-18-6-2-1-4-14(18)12-26-11-3-5-15(13-26)19(27)25-17-9-7-16(8-10-17)20(22,23)24/h1-2,4,6-10,15H,3,5,11-13H2,(H,25,27). The molecule has 144 valence electrons. The number of alkyl halides is 3. The number of anilines is 1. The van der Waals surface area contributed by atoms with Gasteiger partial charge in [0.2, 0.25) is 5.91 Å². The van der Waals surface area contributed by atoms with Crippen LogP contribution in [0.3, 0.4) is 0 Å². The van der Waals surface area contributed by atoms with E-state index in [0.29, 0.717) is 30.8 Å². The van der Waals surface area contributed by atoms with Crippen LogP contribution in [0, 0.1) is 11.7 Å². The molecule has 1 unspecified atom stereocenters. The molecule has 7 heteroatoms. The van der Waals surface area contributed by atoms with E-state index in [1.807, 2.05) is 4.90 Å². The smallest absolute Gasteiger partial charge is 0.326 e. The second-order valence-electron chi connectivity index (χ2n) is 6.73. The molecule has 1 amide bonds. The molecular weight excluding hydrogens is 360 g/mol. The zero-order valence-corrected chi connectivity index (χ0v) is 14.6. The zero-order valence-electron chi connectivity index (χ0n) is 14.6. The van der Waals surface area contributed by atoms with Crippen molar-refractivity contribution in [2.45, 2.75) is 25.6 Å². The van der Waals surface area contributed by atoms with Gasteiger partial charge in [-0.15, -0.1) is 0 Å². The molecule has 0 spiro atoms. The highest BCUT2D eigenvalue weighted by Gasteiger charge is 2.30. The van der Waals surface area contributed by atoms with Gasteiger partial charge >= 0.3 is 6.18 Å². The van der Waals surface area contributed by atoms with Gasteiger partial charge in [0, 0.05) is 24.3 Å². The number of carbonyl (C=O) groups is 1. The lowest BCUT2D eigenvalue weighted by Crippen LogP contribution is -2.40. The molecule has 1 fully saturated rings. The van der Waals surface area contributed by atoms with Crippen molar-refractivity contribution in [2.24, 2.45) is 5.92 Å². The van der Waals surface area contributed by atoms with Crippen molar-refractivity contribution in [3.8, 4) is 0 Å². The summed E-state index contributed by atoms with van der Waals surface area (Å²) in [7, 11) is 0. The van der Waals surface area contributed by atoms with Crippen molar-refractivity contribution in [3.63, 3.8) is 0 Å². The molecule has 0 radical (unpaired) electrons. The maximum atomic E-state index is 13.8. The molecule has 1 aliphatic heterocycles. The van der Waals surface area contributed by atoms with Gasteiger partial charge in [0.25, 0.3) is 0 Å². The molecule has 1 N–H and O–H groups in total. The summed E-state index contributed by atoms with van der Waals surface area (Å²) in [5.74, 6) is -0.783. The van der Waals surface area contributed by atoms with Crippen LogP contribution >= 0.6 is 0 Å². The Labute approximate surface area is 155 Å². The van der Waals surface area contributed by atoms with E-state index in [1.54, 1.807) is 18.2 Å². The van der Waals surface area contributed by atoms with Crippen LogP contribution < -0.4 is 5.32 Å². The number of piperidine rings is 1. The SMILES string of the molecule is O=C(Nc1ccc(C(F)(F)F)cc1)C1CCCN(Cc2ccccc2F)C1. The molecule has 3 nitrogen and oxygen atoms in total. The molecule has 2 aromatic carbocycles. The molecule has 1 saturated heterocycles. The number of likely N-dealkylation sites (tertiary alicyclic amines) is 1. The predicted molar refractivity (Wildman–Crippen MR) is 94.5 cm³/mol. The minimum Gasteiger partial charge on any atom is -0.326 e. The molecule has 3 rings (SSSR count). The fourth-order valence-corrected chi connectivity index (χ4v) is 3.27. The van der Waals surface area contributed by atoms with Gasteiger partial charge in [-0.3, -0.25) is 9.69 Å². The van der Waals surface area contributed by atoms with Crippen molar-refractivity contribution in [1.82, 2.24) is 4.90 Å². The lowest BCUT2D eigenvalue weighted by Gasteiger charge is -2.32. The van der Waals surface area contributed by atoms with Crippen molar-refractivity contribution < 1.29 is 22.4 Å². The third kappa shape index (κ3) is 5.07. The molecule has 0 aliphatic carbocycles. The Kier molecular flexibility index (Phi) is 5.79. The minimum atomic E-state index is -4.40. The van der Waals surface area contributed by atoms with Crippen LogP contribution in [0.4, 0.5) is 23.2 Å². The van der Waals surface area contributed by atoms with Crippen LogP contribution in [0.25, 0.3) is 0 Å². The van der Waals surface area contributed by atoms with Crippen LogP contribution in [0.15, 0.2) is 48.5 Å². The van der Waals surface area contributed by atoms with Crippen molar-refractivity contribution >= 4 is 11.6 Å². The largest absolute Gasteiger partial charge is 0.416 e. The quantitative estimate of drug-likeness (QED) is 0.780. The zero-order chi connectivity index (χ0) is 19.4. The lowest BCUT2D eigenvalue weighted by atomic mass is 9.96. The topological polar surface area (TPSA) is 32.3 Å². The van der Waals surface area contributed by atoms with Gasteiger partial charge in [-0.05, 0) is 49.7 Å². The Bertz CT molecular complexity index is 789. The van der Waals surface area contributed by atoms with E-state index < -0.39 is 11.7 Å². The van der Waals surface area contributed by atoms with Crippen LogP contribution in [0.5, 0.6) is 0 Å². The summed E-state index contributed by atoms with van der Waals surface area (Å²) in [5, 5.41) is 2.68. The molecule has 1 aliphatic rings. The normalized spacial score (nSPS) is 18.3. The summed E-state index contributed by atoms with van der Waals surface area (Å²) in [4.78, 5) is 14.5. The number of hydrogen-bond donors (Lipinski definition) is 1. The van der Waals surface area contributed by atoms with Gasteiger partial charge in [0.15, 0.2) is 0 Å². The van der Waals surface area contributed by atoms with E-state index in [2.05, 4.69) is 5.32 Å². The first-order valence-corrected chi connectivity index (χ1v) is 8.77. The number of rotatable bonds is 4. The first-order chi connectivity index (χ1) is 12.8. The lowest BCUT2D eigenvalue weighted by molar-refractivity contribution is -0.137. The van der Waals surface area contributed by atoms with Gasteiger partial charge in [-0.2, -0.15) is 13.2 Å². The number of hydrogen-bond acceptors (Lipinski definition) is 2. The van der Waals surface area contributed by atoms with Crippen molar-refractivity contribution in [3.05, 3.63) is 65.5 Å². The molecular formula is C20H20F4N2O. The molecule has 1 atom stereocenters. The Balaban J connectivity index is 1.59. The van der Waals surface area contributed by atoms with E-state index in [1.165, 1.54) is 18.2 Å². The fraction of sp³-hybridized carbons (Fsp3) is 0.350. The number of halogens is 4. The first-order valence-electron chi connectivity index (χ1n) is 8.77. The van der Waals surface area contributed by atoms with Crippen molar-refractivity contribution in [1.29, 1.82) is 0 Å². The predicted octanol–water partition coefficient (Wildman–Crippen LogP) is 4.70. The van der Waals surface area contributed by atoms with E-state index in [0.717, 1.165) is 25.1 Å². The second-order valence-corrected chi connectivity index (χ2v) is 6.73. The van der Waals surface area contributed by atoms with Crippen LogP contribution in [0.1, 0.15) is 24.0 Å². The Morgan fingerprint density at radius 1 is 1.11 bits per heavy atom. The van der Waals surface area contributed by atoms with Crippen LogP contribution in [0.2, 0.25) is 0 Å². The van der Waals surface area contributed by atoms with E-state index >= 15 is 0 Å². The van der Waals surface area contributed by atoms with Gasteiger partial charge in [-0.25, -0.2) is 4.39 Å². The van der Waals surface area contributed by atoms with E-state index in [-0.39, 0.29) is 17.6 Å². The fourth-order valence-electron chi connectivity index (χ4n) is 3.27. The van der Waals surface area contributed by atoms with E-state index in [4.69, 9.17) is 0 Å². The van der Waals surface area contributed by atoms with Gasteiger partial charge in [0.05, 0.1) is 11.5 Å². The Morgan fingerprint density at radius 3 is 2.48 bits per heavy atom. The summed E-state index contributed by atoms with van der Waals surface area (Å²) < 4.78 is 51.6. The third-order valence-electron chi connectivity index (χ3n) is 4.71. The molecule has 2 aromatic rings. The molecule has 0 aromatic heterocycles. The number of carbonyl (C=O) groups excluding carboxylic acids is 1. The summed E-state index contributed by atoms with van der Waals surface area (Å²) in [5.41, 5.74) is 0.162. The Morgan fingerprint density at radius 2 is 1.81 bits per heavy atom. The first kappa shape index (κ1) is 19.4. The highest BCUT2D eigenvalue weighted by molar-refractivity contribution is 5.92. The van der Waals surface area contributed by atoms with Crippen LogP contribution in [-0.4, -0.2) is 23.9 Å². The molecule has 1 heterocycles. The number of benzene rings is 2. The Hall–Kier alpha value is -2.41. The van der Waals surface area contributed by atoms with Crippen molar-refractivity contribution in [2.75, 3.05) is 18.4 Å². The highest BCUT2D eigenvalue weighted by atomic mass is 19.4. The molecule has 27 heavy (non-hydrogen) atoms. The van der Waals surface area contributed by atoms with E-state index in [9.17, 15) is 22.4 Å². The average Bonchev–Trinajstić information content (AvgIpc) is 2.63. The second kappa shape index (κ2) is 8.08. The highest BCUT2D eigenvalue weighted by Crippen LogP contribution is 2.30. The summed E-state index contributed by atoms with van der Waals surface area (Å²) in [6.45, 7) is 1.69. The number of nitrogens with zero attached hydrogens (tertiary/aromatic N) is 1. The maximum Gasteiger partial charge on any atom is 0.416 e. The van der Waals surface area contributed by atoms with Gasteiger partial charge < -0.3 is 5.32 Å². The van der Waals surface area contributed by atoms with Crippen LogP contribution in [-0.2, 0) is 17.5 Å². The maximum absolute atomic E-state index is 13.8. The molecule has 0 bridgehead atoms. The number of nitrogens with one attached hydrogen (secondary N) is 1. The summed E-state index contributed by atoms with van der Waals surface area (Å²) in [6.07, 6.45) is -2.90. The average molecular weight is 380 g/mol. The summed E-state index contributed by atoms with van der Waals surface area (Å²) in [6, 6.07) is 10.9. The van der Waals surface area contributed by atoms with Gasteiger partial charge in [0.1, 0.15) is 5.82 Å². The third-order valence-corrected chi connectivity index (χ3v) is 4.71. The molecule has 0 saturated carbocycles.